The first-order chi connectivity index (χ1) is 11.8. The normalized spacial score (nSPS) is 30.2. The summed E-state index contributed by atoms with van der Waals surface area (Å²) < 4.78 is 0. The highest BCUT2D eigenvalue weighted by Gasteiger charge is 2.63. The number of hydrogen-bond donors (Lipinski definition) is 0. The van der Waals surface area contributed by atoms with Gasteiger partial charge in [0.15, 0.2) is 5.78 Å². The van der Waals surface area contributed by atoms with Gasteiger partial charge in [0.2, 0.25) is 0 Å². The average Bonchev–Trinajstić information content (AvgIpc) is 2.81. The fraction of sp³-hybridized carbons (Fsp3) is 0.696. The molecular formula is C23H36OSi. The van der Waals surface area contributed by atoms with E-state index in [2.05, 4.69) is 48.5 Å². The van der Waals surface area contributed by atoms with Crippen molar-refractivity contribution < 1.29 is 4.79 Å². The van der Waals surface area contributed by atoms with Gasteiger partial charge < -0.3 is 0 Å². The zero-order valence-corrected chi connectivity index (χ0v) is 18.4. The summed E-state index contributed by atoms with van der Waals surface area (Å²) in [4.78, 5) is 13.6. The number of ketones is 1. The van der Waals surface area contributed by atoms with E-state index in [1.54, 1.807) is 11.1 Å². The van der Waals surface area contributed by atoms with E-state index in [9.17, 15) is 4.79 Å². The smallest absolute Gasteiger partial charge is 0.163 e. The average molecular weight is 357 g/mol. The predicted octanol–water partition coefficient (Wildman–Crippen LogP) is 6.99. The molecule has 25 heavy (non-hydrogen) atoms. The third-order valence-corrected chi connectivity index (χ3v) is 15.3. The van der Waals surface area contributed by atoms with Crippen LogP contribution in [0.25, 0.3) is 0 Å². The molecule has 0 saturated heterocycles. The molecule has 2 atom stereocenters. The zero-order valence-electron chi connectivity index (χ0n) is 17.4. The van der Waals surface area contributed by atoms with Crippen LogP contribution in [-0.4, -0.2) is 13.9 Å². The van der Waals surface area contributed by atoms with Gasteiger partial charge in [-0.15, -0.1) is 0 Å². The Morgan fingerprint density at radius 1 is 0.880 bits per heavy atom. The van der Waals surface area contributed by atoms with Gasteiger partial charge in [-0.2, -0.15) is 0 Å². The van der Waals surface area contributed by atoms with Gasteiger partial charge in [-0.3, -0.25) is 4.79 Å². The summed E-state index contributed by atoms with van der Waals surface area (Å²) >= 11 is 0. The molecule has 1 nitrogen and oxygen atoms in total. The number of rotatable bonds is 4. The van der Waals surface area contributed by atoms with E-state index in [4.69, 9.17) is 0 Å². The lowest BCUT2D eigenvalue weighted by Gasteiger charge is -2.54. The monoisotopic (exact) mass is 356 g/mol. The molecule has 0 aromatic heterocycles. The Morgan fingerprint density at radius 3 is 2.00 bits per heavy atom. The Morgan fingerprint density at radius 2 is 1.44 bits per heavy atom. The van der Waals surface area contributed by atoms with Crippen LogP contribution in [0.4, 0.5) is 0 Å². The molecule has 0 aromatic carbocycles. The maximum atomic E-state index is 13.6. The molecule has 0 aliphatic heterocycles. The lowest BCUT2D eigenvalue weighted by Crippen LogP contribution is -2.52. The second-order valence-corrected chi connectivity index (χ2v) is 14.6. The van der Waals surface area contributed by atoms with E-state index in [0.717, 1.165) is 19.3 Å². The highest BCUT2D eigenvalue weighted by atomic mass is 28.3. The number of fused-ring (bicyclic) bond motifs is 2. The van der Waals surface area contributed by atoms with Crippen molar-refractivity contribution in [2.24, 2.45) is 5.92 Å². The van der Waals surface area contributed by atoms with Crippen LogP contribution in [0, 0.1) is 5.92 Å². The largest absolute Gasteiger partial charge is 0.294 e. The van der Waals surface area contributed by atoms with E-state index in [1.807, 2.05) is 0 Å². The van der Waals surface area contributed by atoms with Crippen LogP contribution in [0.1, 0.15) is 74.1 Å². The van der Waals surface area contributed by atoms with Gasteiger partial charge in [0.05, 0.1) is 8.07 Å². The minimum atomic E-state index is -1.58. The van der Waals surface area contributed by atoms with E-state index in [1.165, 1.54) is 46.8 Å². The van der Waals surface area contributed by atoms with Crippen molar-refractivity contribution in [1.29, 1.82) is 0 Å². The van der Waals surface area contributed by atoms with E-state index < -0.39 is 8.07 Å². The first-order valence-electron chi connectivity index (χ1n) is 10.3. The number of carbonyl (C=O) groups excluding carboxylic acids is 1. The zero-order chi connectivity index (χ0) is 18.6. The molecule has 3 rings (SSSR count). The Hall–Kier alpha value is -0.893. The van der Waals surface area contributed by atoms with E-state index in [-0.39, 0.29) is 11.0 Å². The molecule has 3 aliphatic carbocycles. The molecule has 0 saturated carbocycles. The molecule has 0 aromatic rings. The molecule has 2 unspecified atom stereocenters. The van der Waals surface area contributed by atoms with Crippen LogP contribution in [0.2, 0.25) is 23.2 Å². The van der Waals surface area contributed by atoms with Crippen LogP contribution in [0.15, 0.2) is 33.4 Å². The van der Waals surface area contributed by atoms with Crippen molar-refractivity contribution in [3.8, 4) is 0 Å². The van der Waals surface area contributed by atoms with Crippen LogP contribution in [-0.2, 0) is 4.79 Å². The van der Waals surface area contributed by atoms with Crippen molar-refractivity contribution in [2.75, 3.05) is 0 Å². The van der Waals surface area contributed by atoms with Crippen molar-refractivity contribution in [3.05, 3.63) is 33.4 Å². The van der Waals surface area contributed by atoms with E-state index in [0.29, 0.717) is 5.78 Å². The molecule has 0 spiro atoms. The van der Waals surface area contributed by atoms with Crippen LogP contribution >= 0.6 is 0 Å². The number of Topliss-reactive ketones (excluding diaryl/α,β-unsaturated/α-hetero) is 1. The molecule has 0 fully saturated rings. The molecule has 0 amide bonds. The van der Waals surface area contributed by atoms with Gasteiger partial charge in [-0.25, -0.2) is 0 Å². The van der Waals surface area contributed by atoms with Crippen molar-refractivity contribution in [2.45, 2.75) is 97.3 Å². The summed E-state index contributed by atoms with van der Waals surface area (Å²) in [6, 6.07) is 3.94. The van der Waals surface area contributed by atoms with E-state index >= 15 is 0 Å². The van der Waals surface area contributed by atoms with Gasteiger partial charge in [-0.05, 0) is 59.0 Å². The van der Waals surface area contributed by atoms with Gasteiger partial charge in [-0.1, -0.05) is 66.8 Å². The summed E-state index contributed by atoms with van der Waals surface area (Å²) in [5, 5.41) is 0.212. The maximum Gasteiger partial charge on any atom is 0.163 e. The molecular weight excluding hydrogens is 320 g/mol. The van der Waals surface area contributed by atoms with Gasteiger partial charge >= 0.3 is 0 Å². The third-order valence-electron chi connectivity index (χ3n) is 8.48. The maximum absolute atomic E-state index is 13.6. The number of allylic oxidation sites excluding steroid dienone is 6. The van der Waals surface area contributed by atoms with Crippen molar-refractivity contribution in [1.82, 2.24) is 0 Å². The van der Waals surface area contributed by atoms with Gasteiger partial charge in [0.25, 0.3) is 0 Å². The lowest BCUT2D eigenvalue weighted by atomic mass is 9.73. The van der Waals surface area contributed by atoms with Crippen molar-refractivity contribution >= 4 is 13.9 Å². The fourth-order valence-electron chi connectivity index (χ4n) is 6.47. The summed E-state index contributed by atoms with van der Waals surface area (Å²) in [5.41, 5.74) is 8.88. The highest BCUT2D eigenvalue weighted by molar-refractivity contribution is 6.84. The Balaban J connectivity index is 2.26. The topological polar surface area (TPSA) is 17.1 Å². The lowest BCUT2D eigenvalue weighted by molar-refractivity contribution is -0.119. The predicted molar refractivity (Wildman–Crippen MR) is 111 cm³/mol. The molecule has 0 N–H and O–H groups in total. The highest BCUT2D eigenvalue weighted by Crippen LogP contribution is 2.69. The molecule has 3 aliphatic rings. The first-order valence-corrected chi connectivity index (χ1v) is 13.0. The van der Waals surface area contributed by atoms with Crippen molar-refractivity contribution in [3.63, 3.8) is 0 Å². The minimum Gasteiger partial charge on any atom is -0.294 e. The summed E-state index contributed by atoms with van der Waals surface area (Å²) in [7, 11) is -1.58. The van der Waals surface area contributed by atoms with Crippen LogP contribution in [0.3, 0.4) is 0 Å². The molecule has 0 radical (unpaired) electrons. The Bertz CT molecular complexity index is 693. The Kier molecular flexibility index (Phi) is 4.81. The summed E-state index contributed by atoms with van der Waals surface area (Å²) in [6.07, 6.45) is 4.19. The second-order valence-electron chi connectivity index (χ2n) is 9.04. The molecule has 2 heteroatoms. The third kappa shape index (κ3) is 2.36. The minimum absolute atomic E-state index is 0.212. The summed E-state index contributed by atoms with van der Waals surface area (Å²) in [5.74, 6) is 0.785. The SMILES string of the molecule is CC[Si](CC)(CC)C12CC(C)=C(C)CC1C(=O)C1=C2CC(C)=C(C)C1. The van der Waals surface area contributed by atoms with Gasteiger partial charge in [0, 0.05) is 11.0 Å². The second kappa shape index (κ2) is 6.37. The fourth-order valence-corrected chi connectivity index (χ4v) is 12.4. The number of carbonyl (C=O) groups is 1. The standard InChI is InChI=1S/C23H36OSi/c1-8-25(9-2,10-3)23-14-18(7)17(6)13-21(23)22(24)19-11-15(4)16(5)12-20(19)23/h21H,8-14H2,1-7H3. The first kappa shape index (κ1) is 18.9. The molecule has 0 heterocycles. The number of hydrogen-bond acceptors (Lipinski definition) is 1. The summed E-state index contributed by atoms with van der Waals surface area (Å²) in [6.45, 7) is 16.4. The molecule has 0 bridgehead atoms. The Labute approximate surface area is 155 Å². The molecule has 138 valence electrons. The van der Waals surface area contributed by atoms with Crippen LogP contribution < -0.4 is 0 Å². The van der Waals surface area contributed by atoms with Gasteiger partial charge in [0.1, 0.15) is 0 Å². The van der Waals surface area contributed by atoms with Crippen LogP contribution in [0.5, 0.6) is 0 Å². The quantitative estimate of drug-likeness (QED) is 0.392.